The van der Waals surface area contributed by atoms with Crippen molar-refractivity contribution < 1.29 is 9.59 Å². The molecule has 1 aromatic carbocycles. The molecule has 6 heteroatoms. The molecule has 23 heavy (non-hydrogen) atoms. The minimum Gasteiger partial charge on any atom is -0.298 e. The first kappa shape index (κ1) is 16.8. The van der Waals surface area contributed by atoms with E-state index in [4.69, 9.17) is 11.6 Å². The van der Waals surface area contributed by atoms with Crippen LogP contribution in [0.25, 0.3) is 10.6 Å². The summed E-state index contributed by atoms with van der Waals surface area (Å²) in [5.74, 6) is -0.767. The fourth-order valence-electron chi connectivity index (χ4n) is 2.90. The molecule has 0 saturated heterocycles. The molecule has 2 aromatic rings. The Morgan fingerprint density at radius 2 is 2.00 bits per heavy atom. The fourth-order valence-corrected chi connectivity index (χ4v) is 4.64. The van der Waals surface area contributed by atoms with Gasteiger partial charge in [-0.3, -0.25) is 9.59 Å². The van der Waals surface area contributed by atoms with Gasteiger partial charge in [-0.1, -0.05) is 30.7 Å². The molecule has 1 unspecified atom stereocenters. The monoisotopic (exact) mass is 411 g/mol. The van der Waals surface area contributed by atoms with E-state index in [1.54, 1.807) is 12.1 Å². The molecule has 0 radical (unpaired) electrons. The lowest BCUT2D eigenvalue weighted by molar-refractivity contribution is -0.135. The number of carbonyl (C=O) groups excluding carboxylic acids is 2. The van der Waals surface area contributed by atoms with Crippen molar-refractivity contribution in [2.45, 2.75) is 32.1 Å². The summed E-state index contributed by atoms with van der Waals surface area (Å²) in [7, 11) is 0. The first-order valence-corrected chi connectivity index (χ1v) is 9.48. The van der Waals surface area contributed by atoms with E-state index in [-0.39, 0.29) is 17.5 Å². The van der Waals surface area contributed by atoms with Crippen molar-refractivity contribution >= 4 is 50.4 Å². The highest BCUT2D eigenvalue weighted by molar-refractivity contribution is 9.11. The van der Waals surface area contributed by atoms with Crippen molar-refractivity contribution in [3.8, 4) is 10.6 Å². The minimum atomic E-state index is -0.722. The topological polar surface area (TPSA) is 47.0 Å². The Kier molecular flexibility index (Phi) is 4.99. The summed E-state index contributed by atoms with van der Waals surface area (Å²) >= 11 is 10.8. The van der Waals surface area contributed by atoms with Crippen LogP contribution in [-0.2, 0) is 9.59 Å². The first-order chi connectivity index (χ1) is 11.0. The SMILES string of the molecule is CC[C@@H]1CCC(=O)C(c2nc(-c3ccc(Cl)cc3)sc2Br)C1=O. The van der Waals surface area contributed by atoms with Gasteiger partial charge in [-0.15, -0.1) is 11.3 Å². The zero-order chi connectivity index (χ0) is 16.6. The molecule has 2 atom stereocenters. The van der Waals surface area contributed by atoms with Gasteiger partial charge >= 0.3 is 0 Å². The number of ketones is 2. The zero-order valence-corrected chi connectivity index (χ0v) is 15.7. The molecule has 1 aromatic heterocycles. The summed E-state index contributed by atoms with van der Waals surface area (Å²) < 4.78 is 0.755. The Balaban J connectivity index is 1.98. The van der Waals surface area contributed by atoms with Crippen LogP contribution in [0, 0.1) is 5.92 Å². The van der Waals surface area contributed by atoms with Crippen LogP contribution in [0.5, 0.6) is 0 Å². The molecule has 1 aliphatic carbocycles. The maximum atomic E-state index is 12.6. The van der Waals surface area contributed by atoms with E-state index >= 15 is 0 Å². The van der Waals surface area contributed by atoms with E-state index in [1.807, 2.05) is 19.1 Å². The van der Waals surface area contributed by atoms with Gasteiger partial charge in [0.05, 0.1) is 9.48 Å². The zero-order valence-electron chi connectivity index (χ0n) is 12.5. The van der Waals surface area contributed by atoms with Gasteiger partial charge in [0, 0.05) is 22.9 Å². The largest absolute Gasteiger partial charge is 0.298 e. The highest BCUT2D eigenvalue weighted by Crippen LogP contribution is 2.40. The molecule has 1 saturated carbocycles. The molecule has 0 N–H and O–H groups in total. The summed E-state index contributed by atoms with van der Waals surface area (Å²) in [6, 6.07) is 7.37. The predicted molar refractivity (Wildman–Crippen MR) is 96.0 cm³/mol. The van der Waals surface area contributed by atoms with Crippen LogP contribution >= 0.6 is 38.9 Å². The van der Waals surface area contributed by atoms with Gasteiger partial charge in [0.25, 0.3) is 0 Å². The predicted octanol–water partition coefficient (Wildman–Crippen LogP) is 5.27. The van der Waals surface area contributed by atoms with Crippen LogP contribution < -0.4 is 0 Å². The van der Waals surface area contributed by atoms with Gasteiger partial charge in [0.2, 0.25) is 0 Å². The van der Waals surface area contributed by atoms with Crippen LogP contribution in [0.2, 0.25) is 5.02 Å². The second-order valence-electron chi connectivity index (χ2n) is 5.63. The van der Waals surface area contributed by atoms with E-state index in [0.717, 1.165) is 20.8 Å². The van der Waals surface area contributed by atoms with Crippen LogP contribution in [0.15, 0.2) is 28.1 Å². The maximum absolute atomic E-state index is 12.6. The van der Waals surface area contributed by atoms with E-state index in [9.17, 15) is 9.59 Å². The Morgan fingerprint density at radius 1 is 1.30 bits per heavy atom. The third-order valence-electron chi connectivity index (χ3n) is 4.22. The summed E-state index contributed by atoms with van der Waals surface area (Å²) in [4.78, 5) is 29.5. The second-order valence-corrected chi connectivity index (χ2v) is 8.38. The van der Waals surface area contributed by atoms with Crippen LogP contribution in [0.1, 0.15) is 37.8 Å². The minimum absolute atomic E-state index is 0.0115. The number of thiazole rings is 1. The normalized spacial score (nSPS) is 21.7. The summed E-state index contributed by atoms with van der Waals surface area (Å²) in [5.41, 5.74) is 1.49. The number of nitrogens with zero attached hydrogens (tertiary/aromatic N) is 1. The third kappa shape index (κ3) is 3.28. The number of carbonyl (C=O) groups is 2. The first-order valence-electron chi connectivity index (χ1n) is 7.49. The highest BCUT2D eigenvalue weighted by Gasteiger charge is 2.39. The average molecular weight is 413 g/mol. The third-order valence-corrected chi connectivity index (χ3v) is 6.27. The summed E-state index contributed by atoms with van der Waals surface area (Å²) in [6.07, 6.45) is 1.89. The van der Waals surface area contributed by atoms with E-state index in [0.29, 0.717) is 23.6 Å². The van der Waals surface area contributed by atoms with Gasteiger partial charge in [-0.05, 0) is 40.9 Å². The number of rotatable bonds is 3. The van der Waals surface area contributed by atoms with E-state index in [1.165, 1.54) is 11.3 Å². The van der Waals surface area contributed by atoms with Gasteiger partial charge < -0.3 is 0 Å². The molecule has 1 aliphatic rings. The fraction of sp³-hybridized carbons (Fsp3) is 0.353. The molecule has 0 bridgehead atoms. The van der Waals surface area contributed by atoms with Gasteiger partial charge in [0.1, 0.15) is 16.7 Å². The molecule has 0 aliphatic heterocycles. The summed E-state index contributed by atoms with van der Waals surface area (Å²) in [5, 5.41) is 1.44. The van der Waals surface area contributed by atoms with Crippen molar-refractivity contribution in [3.63, 3.8) is 0 Å². The number of benzene rings is 1. The summed E-state index contributed by atoms with van der Waals surface area (Å²) in [6.45, 7) is 1.99. The van der Waals surface area contributed by atoms with Gasteiger partial charge in [0.15, 0.2) is 5.78 Å². The quantitative estimate of drug-likeness (QED) is 0.645. The smallest absolute Gasteiger partial charge is 0.152 e. The Hall–Kier alpha value is -1.04. The standard InChI is InChI=1S/C17H15BrClNO2S/c1-2-9-5-8-12(21)13(15(9)22)14-16(18)23-17(20-14)10-3-6-11(19)7-4-10/h3-4,6-7,9,13H,2,5,8H2,1H3/t9-,13?/m1/s1. The van der Waals surface area contributed by atoms with Gasteiger partial charge in [-0.25, -0.2) is 4.98 Å². The molecule has 0 amide bonds. The van der Waals surface area contributed by atoms with Crippen molar-refractivity contribution in [1.29, 1.82) is 0 Å². The van der Waals surface area contributed by atoms with Crippen LogP contribution in [0.3, 0.4) is 0 Å². The number of Topliss-reactive ketones (excluding diaryl/α,β-unsaturated/α-hetero) is 2. The Labute approximate surface area is 152 Å². The molecule has 3 rings (SSSR count). The van der Waals surface area contributed by atoms with Crippen LogP contribution in [-0.4, -0.2) is 16.6 Å². The lowest BCUT2D eigenvalue weighted by Gasteiger charge is -2.25. The molecular weight excluding hydrogens is 398 g/mol. The molecule has 1 heterocycles. The molecular formula is C17H15BrClNO2S. The van der Waals surface area contributed by atoms with Crippen LogP contribution in [0.4, 0.5) is 0 Å². The maximum Gasteiger partial charge on any atom is 0.152 e. The molecule has 1 fully saturated rings. The van der Waals surface area contributed by atoms with Crippen molar-refractivity contribution in [2.24, 2.45) is 5.92 Å². The lowest BCUT2D eigenvalue weighted by atomic mass is 9.77. The number of halogens is 2. The average Bonchev–Trinajstić information content (AvgIpc) is 2.90. The van der Waals surface area contributed by atoms with Crippen molar-refractivity contribution in [3.05, 3.63) is 38.8 Å². The molecule has 120 valence electrons. The Morgan fingerprint density at radius 3 is 2.65 bits per heavy atom. The lowest BCUT2D eigenvalue weighted by Crippen LogP contribution is -2.33. The second kappa shape index (κ2) is 6.83. The molecule has 0 spiro atoms. The Bertz CT molecular complexity index is 756. The van der Waals surface area contributed by atoms with Crippen molar-refractivity contribution in [2.75, 3.05) is 0 Å². The number of hydrogen-bond acceptors (Lipinski definition) is 4. The van der Waals surface area contributed by atoms with E-state index in [2.05, 4.69) is 20.9 Å². The van der Waals surface area contributed by atoms with Gasteiger partial charge in [-0.2, -0.15) is 0 Å². The van der Waals surface area contributed by atoms with E-state index < -0.39 is 5.92 Å². The van der Waals surface area contributed by atoms with Crippen molar-refractivity contribution in [1.82, 2.24) is 4.98 Å². The molecule has 3 nitrogen and oxygen atoms in total. The highest BCUT2D eigenvalue weighted by atomic mass is 79.9. The number of hydrogen-bond donors (Lipinski definition) is 0. The number of aromatic nitrogens is 1.